The third-order valence-electron chi connectivity index (χ3n) is 3.33. The number of halogens is 1. The number of nitrogens with one attached hydrogen (secondary N) is 1. The van der Waals surface area contributed by atoms with Crippen molar-refractivity contribution in [1.29, 1.82) is 0 Å². The number of nitrogen functional groups attached to an aromatic ring is 1. The van der Waals surface area contributed by atoms with Gasteiger partial charge >= 0.3 is 0 Å². The molecule has 116 valence electrons. The van der Waals surface area contributed by atoms with Gasteiger partial charge in [0.15, 0.2) is 0 Å². The highest BCUT2D eigenvalue weighted by molar-refractivity contribution is 14.1. The highest BCUT2D eigenvalue weighted by Gasteiger charge is 2.32. The maximum atomic E-state index is 12.3. The first-order chi connectivity index (χ1) is 10.8. The monoisotopic (exact) mass is 426 g/mol. The van der Waals surface area contributed by atoms with E-state index in [9.17, 15) is 24.5 Å². The lowest BCUT2D eigenvalue weighted by Crippen LogP contribution is -2.24. The molecule has 1 aliphatic heterocycles. The van der Waals surface area contributed by atoms with Crippen molar-refractivity contribution in [3.63, 3.8) is 0 Å². The number of nitrogens with two attached hydrogens (primary N) is 1. The Hall–Kier alpha value is -2.76. The Bertz CT molecular complexity index is 966. The Morgan fingerprint density at radius 3 is 2.52 bits per heavy atom. The number of carbonyl (C=O) groups is 2. The van der Waals surface area contributed by atoms with Crippen LogP contribution in [-0.4, -0.2) is 21.3 Å². The molecule has 0 atom stereocenters. The van der Waals surface area contributed by atoms with Crippen LogP contribution >= 0.6 is 22.6 Å². The number of carbonyl (C=O) groups excluding carboxylic acids is 2. The Morgan fingerprint density at radius 1 is 1.17 bits per heavy atom. The molecule has 1 aromatic heterocycles. The van der Waals surface area contributed by atoms with Gasteiger partial charge in [0.2, 0.25) is 0 Å². The van der Waals surface area contributed by atoms with Gasteiger partial charge < -0.3 is 5.73 Å². The molecular weight excluding hydrogens is 419 g/mol. The summed E-state index contributed by atoms with van der Waals surface area (Å²) in [6.07, 6.45) is 0. The Labute approximate surface area is 141 Å². The number of nitro benzene ring substituents is 1. The molecule has 0 spiro atoms. The number of imide groups is 1. The van der Waals surface area contributed by atoms with Crippen LogP contribution in [0.3, 0.4) is 0 Å². The predicted molar refractivity (Wildman–Crippen MR) is 87.6 cm³/mol. The molecule has 3 rings (SSSR count). The van der Waals surface area contributed by atoms with E-state index in [4.69, 9.17) is 5.73 Å². The van der Waals surface area contributed by atoms with Gasteiger partial charge in [-0.3, -0.25) is 34.4 Å². The summed E-state index contributed by atoms with van der Waals surface area (Å²) in [6.45, 7) is 0. The summed E-state index contributed by atoms with van der Waals surface area (Å²) in [5.41, 5.74) is 4.95. The minimum absolute atomic E-state index is 0.103. The van der Waals surface area contributed by atoms with E-state index in [1.165, 1.54) is 18.2 Å². The molecule has 0 unspecified atom stereocenters. The van der Waals surface area contributed by atoms with E-state index in [0.29, 0.717) is 3.57 Å². The van der Waals surface area contributed by atoms with Crippen LogP contribution in [0.15, 0.2) is 29.1 Å². The number of amides is 2. The molecule has 1 aliphatic rings. The fourth-order valence-electron chi connectivity index (χ4n) is 2.31. The summed E-state index contributed by atoms with van der Waals surface area (Å²) in [5, 5.41) is 13.0. The molecule has 10 heteroatoms. The Balaban J connectivity index is 2.35. The number of nitro groups is 1. The Kier molecular flexibility index (Phi) is 3.39. The average molecular weight is 426 g/mol. The number of hydrogen-bond acceptors (Lipinski definition) is 6. The lowest BCUT2D eigenvalue weighted by Gasteiger charge is -2.13. The Morgan fingerprint density at radius 2 is 1.87 bits per heavy atom. The van der Waals surface area contributed by atoms with Gasteiger partial charge in [0, 0.05) is 21.8 Å². The van der Waals surface area contributed by atoms with Gasteiger partial charge in [-0.25, -0.2) is 0 Å². The second-order valence-electron chi connectivity index (χ2n) is 4.67. The zero-order valence-electron chi connectivity index (χ0n) is 11.2. The van der Waals surface area contributed by atoms with Crippen molar-refractivity contribution in [3.8, 4) is 5.69 Å². The summed E-state index contributed by atoms with van der Waals surface area (Å²) < 4.78 is 1.50. The molecule has 23 heavy (non-hydrogen) atoms. The average Bonchev–Trinajstić information content (AvgIpc) is 2.75. The number of rotatable bonds is 2. The van der Waals surface area contributed by atoms with Crippen molar-refractivity contribution in [3.05, 3.63) is 59.4 Å². The van der Waals surface area contributed by atoms with E-state index in [0.717, 1.165) is 10.6 Å². The van der Waals surface area contributed by atoms with E-state index in [1.807, 2.05) is 22.6 Å². The van der Waals surface area contributed by atoms with Crippen LogP contribution in [0.2, 0.25) is 0 Å². The first-order valence-corrected chi connectivity index (χ1v) is 7.24. The lowest BCUT2D eigenvalue weighted by atomic mass is 10.1. The van der Waals surface area contributed by atoms with Gasteiger partial charge in [0.05, 0.1) is 21.7 Å². The molecule has 0 bridgehead atoms. The fourth-order valence-corrected chi connectivity index (χ4v) is 2.89. The molecule has 0 saturated heterocycles. The van der Waals surface area contributed by atoms with Gasteiger partial charge in [-0.1, -0.05) is 0 Å². The summed E-state index contributed by atoms with van der Waals surface area (Å²) in [5.74, 6) is -1.65. The van der Waals surface area contributed by atoms with Crippen LogP contribution in [0.4, 0.5) is 11.5 Å². The summed E-state index contributed by atoms with van der Waals surface area (Å²) in [4.78, 5) is 46.0. The number of non-ortho nitro benzene ring substituents is 1. The molecule has 1 aromatic carbocycles. The standard InChI is InChI=1S/C13H7IN4O5/c14-7-2-1-5(18(22)23)3-8(7)17-9(19)4-6-10(11(17)15)13(21)16-12(6)20/h1-4H,15H2,(H,16,20,21). The highest BCUT2D eigenvalue weighted by Crippen LogP contribution is 2.27. The molecule has 0 radical (unpaired) electrons. The topological polar surface area (TPSA) is 137 Å². The van der Waals surface area contributed by atoms with E-state index in [1.54, 1.807) is 0 Å². The van der Waals surface area contributed by atoms with Crippen molar-refractivity contribution in [1.82, 2.24) is 9.88 Å². The van der Waals surface area contributed by atoms with E-state index >= 15 is 0 Å². The number of benzene rings is 1. The van der Waals surface area contributed by atoms with Crippen molar-refractivity contribution in [2.75, 3.05) is 5.73 Å². The van der Waals surface area contributed by atoms with Crippen LogP contribution in [-0.2, 0) is 0 Å². The fraction of sp³-hybridized carbons (Fsp3) is 0. The first kappa shape index (κ1) is 15.1. The SMILES string of the molecule is Nc1c2c(cc(=O)n1-c1cc([N+](=O)[O-])ccc1I)C(=O)NC2=O. The van der Waals surface area contributed by atoms with Crippen LogP contribution in [0.1, 0.15) is 20.7 Å². The van der Waals surface area contributed by atoms with Gasteiger partial charge in [-0.2, -0.15) is 0 Å². The molecular formula is C13H7IN4O5. The highest BCUT2D eigenvalue weighted by atomic mass is 127. The number of aromatic nitrogens is 1. The quantitative estimate of drug-likeness (QED) is 0.316. The zero-order chi connectivity index (χ0) is 16.9. The zero-order valence-corrected chi connectivity index (χ0v) is 13.4. The normalized spacial score (nSPS) is 12.9. The smallest absolute Gasteiger partial charge is 0.271 e. The van der Waals surface area contributed by atoms with Crippen molar-refractivity contribution >= 4 is 45.9 Å². The summed E-state index contributed by atoms with van der Waals surface area (Å²) in [6, 6.07) is 4.91. The molecule has 2 heterocycles. The molecule has 3 N–H and O–H groups in total. The van der Waals surface area contributed by atoms with Gasteiger partial charge in [0.1, 0.15) is 5.82 Å². The largest absolute Gasteiger partial charge is 0.384 e. The van der Waals surface area contributed by atoms with Crippen molar-refractivity contribution in [2.24, 2.45) is 0 Å². The van der Waals surface area contributed by atoms with E-state index in [-0.39, 0.29) is 28.3 Å². The maximum absolute atomic E-state index is 12.3. The number of nitrogens with zero attached hydrogens (tertiary/aromatic N) is 2. The number of anilines is 1. The summed E-state index contributed by atoms with van der Waals surface area (Å²) in [7, 11) is 0. The first-order valence-electron chi connectivity index (χ1n) is 6.16. The van der Waals surface area contributed by atoms with Crippen molar-refractivity contribution in [2.45, 2.75) is 0 Å². The van der Waals surface area contributed by atoms with Gasteiger partial charge in [-0.15, -0.1) is 0 Å². The van der Waals surface area contributed by atoms with Gasteiger partial charge in [-0.05, 0) is 28.7 Å². The maximum Gasteiger partial charge on any atom is 0.271 e. The van der Waals surface area contributed by atoms with Crippen LogP contribution in [0, 0.1) is 13.7 Å². The predicted octanol–water partition coefficient (Wildman–Crippen LogP) is 0.816. The second-order valence-corrected chi connectivity index (χ2v) is 5.83. The number of hydrogen-bond donors (Lipinski definition) is 2. The van der Waals surface area contributed by atoms with E-state index in [2.05, 4.69) is 5.32 Å². The molecule has 2 aromatic rings. The third-order valence-corrected chi connectivity index (χ3v) is 4.25. The van der Waals surface area contributed by atoms with E-state index < -0.39 is 22.3 Å². The van der Waals surface area contributed by atoms with Crippen LogP contribution in [0.5, 0.6) is 0 Å². The summed E-state index contributed by atoms with van der Waals surface area (Å²) >= 11 is 1.89. The minimum atomic E-state index is -0.711. The molecule has 0 saturated carbocycles. The number of pyridine rings is 1. The molecule has 0 fully saturated rings. The minimum Gasteiger partial charge on any atom is -0.384 e. The number of fused-ring (bicyclic) bond motifs is 1. The molecule has 9 nitrogen and oxygen atoms in total. The van der Waals surface area contributed by atoms with Crippen LogP contribution in [0.25, 0.3) is 5.69 Å². The molecule has 2 amide bonds. The van der Waals surface area contributed by atoms with Crippen molar-refractivity contribution < 1.29 is 14.5 Å². The van der Waals surface area contributed by atoms with Crippen LogP contribution < -0.4 is 16.6 Å². The molecule has 0 aliphatic carbocycles. The second kappa shape index (κ2) is 5.15. The third kappa shape index (κ3) is 2.27. The lowest BCUT2D eigenvalue weighted by molar-refractivity contribution is -0.384. The van der Waals surface area contributed by atoms with Gasteiger partial charge in [0.25, 0.3) is 23.1 Å².